The molecule has 0 aliphatic rings. The Kier molecular flexibility index (Phi) is 9.48. The Morgan fingerprint density at radius 3 is 1.03 bits per heavy atom. The van der Waals surface area contributed by atoms with Crippen LogP contribution in [0.4, 0.5) is 87.9 Å². The van der Waals surface area contributed by atoms with Crippen LogP contribution in [0, 0.1) is 0 Å². The van der Waals surface area contributed by atoms with E-state index in [9.17, 15) is 101 Å². The third-order valence-electron chi connectivity index (χ3n) is 3.71. The smallest absolute Gasteiger partial charge is 0.460 e. The molecule has 0 radical (unpaired) electrons. The van der Waals surface area contributed by atoms with Crippen molar-refractivity contribution in [3.05, 3.63) is 0 Å². The van der Waals surface area contributed by atoms with E-state index in [0.717, 1.165) is 0 Å². The quantitative estimate of drug-likeness (QED) is 0.200. The van der Waals surface area contributed by atoms with Gasteiger partial charge in [0, 0.05) is 21.9 Å². The number of hydrogen-bond donors (Lipinski definition) is 1. The molecule has 0 saturated carbocycles. The Morgan fingerprint density at radius 1 is 0.541 bits per heavy atom. The molecule has 0 bridgehead atoms. The van der Waals surface area contributed by atoms with Crippen LogP contribution in [0.25, 0.3) is 0 Å². The fourth-order valence-corrected chi connectivity index (χ4v) is 2.67. The summed E-state index contributed by atoms with van der Waals surface area (Å²) in [5.41, 5.74) is 0. The molecule has 222 valence electrons. The zero-order chi connectivity index (χ0) is 30.2. The summed E-state index contributed by atoms with van der Waals surface area (Å²) in [6, 6.07) is -6.97. The van der Waals surface area contributed by atoms with Crippen LogP contribution in [0.5, 0.6) is 0 Å². The molecular formula is C10HCrF20NO4S. The van der Waals surface area contributed by atoms with E-state index in [2.05, 4.69) is 0 Å². The van der Waals surface area contributed by atoms with Crippen molar-refractivity contribution in [2.24, 2.45) is 0 Å². The number of hydrogen-bond acceptors (Lipinski definition) is 3. The van der Waals surface area contributed by atoms with Gasteiger partial charge in [-0.1, -0.05) is 0 Å². The number of nitrogens with zero attached hydrogens (tertiary/aromatic N) is 1. The van der Waals surface area contributed by atoms with Crippen LogP contribution >= 0.6 is 0 Å². The van der Waals surface area contributed by atoms with Crippen molar-refractivity contribution in [1.29, 1.82) is 0 Å². The van der Waals surface area contributed by atoms with E-state index < -0.39 is 73.5 Å². The fourth-order valence-electron chi connectivity index (χ4n) is 1.64. The molecule has 0 atom stereocenters. The summed E-state index contributed by atoms with van der Waals surface area (Å²) < 4.78 is 276. The van der Waals surface area contributed by atoms with Gasteiger partial charge in [0.15, 0.2) is 0 Å². The van der Waals surface area contributed by atoms with Crippen molar-refractivity contribution in [3.8, 4) is 0 Å². The van der Waals surface area contributed by atoms with Gasteiger partial charge in [-0.15, -0.1) is 4.48 Å². The van der Waals surface area contributed by atoms with Gasteiger partial charge in [0.1, 0.15) is 0 Å². The maximum Gasteiger partial charge on any atom is 0.460 e. The Morgan fingerprint density at radius 2 is 0.784 bits per heavy atom. The van der Waals surface area contributed by atoms with Gasteiger partial charge < -0.3 is 5.11 Å². The summed E-state index contributed by atoms with van der Waals surface area (Å²) in [5.74, 6) is -58.4. The van der Waals surface area contributed by atoms with Gasteiger partial charge in [0.2, 0.25) is 0 Å². The molecule has 0 spiro atoms. The largest absolute Gasteiger partial charge is 0.476 e. The molecular weight excluding hydrogens is 662 g/mol. The molecule has 0 aromatic heterocycles. The molecule has 1 N–H and O–H groups in total. The molecule has 0 fully saturated rings. The molecule has 0 saturated heterocycles. The number of rotatable bonds is 10. The molecule has 0 aromatic carbocycles. The molecule has 27 heteroatoms. The van der Waals surface area contributed by atoms with Crippen LogP contribution in [0.3, 0.4) is 0 Å². The summed E-state index contributed by atoms with van der Waals surface area (Å²) >= 11 is 0. The van der Waals surface area contributed by atoms with Crippen molar-refractivity contribution >= 4 is 16.0 Å². The first-order chi connectivity index (χ1) is 15.1. The Balaban J connectivity index is 0. The number of carbonyl (C=O) groups is 1. The molecule has 5 nitrogen and oxygen atoms in total. The van der Waals surface area contributed by atoms with Gasteiger partial charge >= 0.3 is 69.0 Å². The summed E-state index contributed by atoms with van der Waals surface area (Å²) in [4.78, 5) is 9.92. The van der Waals surface area contributed by atoms with E-state index in [1.54, 1.807) is 0 Å². The van der Waals surface area contributed by atoms with Crippen LogP contribution in [0.15, 0.2) is 0 Å². The first-order valence-electron chi connectivity index (χ1n) is 7.13. The van der Waals surface area contributed by atoms with Crippen LogP contribution in [0.2, 0.25) is 0 Å². The predicted octanol–water partition coefficient (Wildman–Crippen LogP) is 5.14. The third kappa shape index (κ3) is 4.66. The van der Waals surface area contributed by atoms with Crippen LogP contribution in [0.1, 0.15) is 0 Å². The molecule has 0 heterocycles. The van der Waals surface area contributed by atoms with E-state index in [1.165, 1.54) is 0 Å². The normalized spacial score (nSPS) is 16.0. The van der Waals surface area contributed by atoms with Crippen molar-refractivity contribution in [2.45, 2.75) is 53.0 Å². The average molecular weight is 663 g/mol. The second-order valence-electron chi connectivity index (χ2n) is 6.03. The second kappa shape index (κ2) is 9.31. The zero-order valence-electron chi connectivity index (χ0n) is 15.5. The third-order valence-corrected chi connectivity index (χ3v) is 5.26. The van der Waals surface area contributed by atoms with Gasteiger partial charge in [-0.3, -0.25) is 0 Å². The van der Waals surface area contributed by atoms with Crippen LogP contribution < -0.4 is 0 Å². The maximum atomic E-state index is 13.4. The molecule has 0 aromatic rings. The minimum absolute atomic E-state index is 0. The number of carboxylic acids is 1. The standard InChI is InChI=1S/C10HF20NO4S.Cr/c11-2(12,1(32)33)31(30)36(34,35)10(28,29)8(23,24)6(19,20)4(15,16)3(13,14)5(17,18)7(21,22)9(25,26)27;/h(H,32,33);. The molecule has 0 rings (SSSR count). The van der Waals surface area contributed by atoms with Crippen molar-refractivity contribution < 1.29 is 124 Å². The monoisotopic (exact) mass is 663 g/mol. The summed E-state index contributed by atoms with van der Waals surface area (Å²) in [6.45, 7) is 0. The van der Waals surface area contributed by atoms with Gasteiger partial charge in [-0.2, -0.15) is 83.4 Å². The van der Waals surface area contributed by atoms with E-state index >= 15 is 0 Å². The van der Waals surface area contributed by atoms with Crippen LogP contribution in [-0.2, 0) is 32.2 Å². The van der Waals surface area contributed by atoms with Gasteiger partial charge in [-0.05, 0) is 0 Å². The minimum Gasteiger partial charge on any atom is -0.476 e. The fraction of sp³-hybridized carbons (Fsp3) is 0.900. The zero-order valence-corrected chi connectivity index (χ0v) is 17.6. The molecule has 0 unspecified atom stereocenters. The summed E-state index contributed by atoms with van der Waals surface area (Å²) in [7, 11) is -9.10. The summed E-state index contributed by atoms with van der Waals surface area (Å²) in [5, 5.41) is -0.939. The second-order valence-corrected chi connectivity index (χ2v) is 7.81. The van der Waals surface area contributed by atoms with Gasteiger partial charge in [0.25, 0.3) is 0 Å². The number of halogens is 20. The molecule has 37 heavy (non-hydrogen) atoms. The van der Waals surface area contributed by atoms with E-state index in [1.807, 2.05) is 0 Å². The minimum atomic E-state index is -9.27. The first kappa shape index (κ1) is 37.7. The van der Waals surface area contributed by atoms with Gasteiger partial charge in [-0.25, -0.2) is 13.2 Å². The molecule has 0 aliphatic carbocycles. The SMILES string of the molecule is O=C(O)C(F)(F)N(F)S(=O)(=O)C(F)(F)C(F)(F)C(F)(F)C(F)(F)C(F)(F)C(F)(F)C(F)(F)C(F)(F)F.[Cr]. The number of sulfonamides is 1. The number of aliphatic carboxylic acids is 1. The first-order valence-corrected chi connectivity index (χ1v) is 8.57. The van der Waals surface area contributed by atoms with Crippen molar-refractivity contribution in [2.75, 3.05) is 0 Å². The van der Waals surface area contributed by atoms with Crippen LogP contribution in [-0.4, -0.2) is 77.0 Å². The Labute approximate surface area is 198 Å². The topological polar surface area (TPSA) is 74.7 Å². The molecule has 0 aliphatic heterocycles. The summed E-state index contributed by atoms with van der Waals surface area (Å²) in [6.07, 6.45) is -8.06. The number of alkyl halides is 19. The number of carboxylic acid groups (broad SMARTS) is 1. The van der Waals surface area contributed by atoms with E-state index in [0.29, 0.717) is 0 Å². The van der Waals surface area contributed by atoms with Gasteiger partial charge in [0.05, 0.1) is 0 Å². The van der Waals surface area contributed by atoms with E-state index in [-0.39, 0.29) is 17.4 Å². The van der Waals surface area contributed by atoms with Crippen molar-refractivity contribution in [3.63, 3.8) is 0 Å². The Bertz CT molecular complexity index is 974. The average Bonchev–Trinajstić information content (AvgIpc) is 2.64. The maximum absolute atomic E-state index is 13.4. The van der Waals surface area contributed by atoms with Crippen molar-refractivity contribution in [1.82, 2.24) is 4.53 Å². The predicted molar refractivity (Wildman–Crippen MR) is 65.1 cm³/mol. The van der Waals surface area contributed by atoms with E-state index in [4.69, 9.17) is 5.11 Å². The Hall–Kier alpha value is -1.49. The molecule has 0 amide bonds.